The molecule has 158 valence electrons. The third-order valence-corrected chi connectivity index (χ3v) is 5.39. The predicted molar refractivity (Wildman–Crippen MR) is 98.8 cm³/mol. The first-order valence-electron chi connectivity index (χ1n) is 9.65. The Bertz CT molecular complexity index is 625. The van der Waals surface area contributed by atoms with Gasteiger partial charge in [0.25, 0.3) is 0 Å². The lowest BCUT2D eigenvalue weighted by molar-refractivity contribution is -0.147. The van der Waals surface area contributed by atoms with E-state index in [9.17, 15) is 24.3 Å². The standard InChI is InChI=1S/C18H30N4O6/c1-10(24)15(11(2)25)20-16(26)13-5-3-7-21(13)18(28)14-6-4-8-22(14)17(27)12(19)9-23/h10,12-15,23-24H,3-9,19H2,1-2H3,(H,20,26)/t10-,12+,13+,14+,15+/m1/s1. The molecule has 0 bridgehead atoms. The molecule has 10 nitrogen and oxygen atoms in total. The van der Waals surface area contributed by atoms with Crippen molar-refractivity contribution in [1.29, 1.82) is 0 Å². The second kappa shape index (κ2) is 9.44. The molecule has 2 saturated heterocycles. The number of hydrogen-bond acceptors (Lipinski definition) is 7. The van der Waals surface area contributed by atoms with Crippen molar-refractivity contribution in [3.05, 3.63) is 0 Å². The Balaban J connectivity index is 2.10. The number of aliphatic hydroxyl groups is 2. The monoisotopic (exact) mass is 398 g/mol. The normalized spacial score (nSPS) is 25.3. The number of carbonyl (C=O) groups is 4. The molecule has 2 aliphatic rings. The smallest absolute Gasteiger partial charge is 0.246 e. The highest BCUT2D eigenvalue weighted by Gasteiger charge is 2.43. The number of carbonyl (C=O) groups excluding carboxylic acids is 4. The summed E-state index contributed by atoms with van der Waals surface area (Å²) in [6, 6.07) is -3.57. The van der Waals surface area contributed by atoms with Crippen LogP contribution >= 0.6 is 0 Å². The zero-order valence-electron chi connectivity index (χ0n) is 16.3. The molecule has 0 saturated carbocycles. The van der Waals surface area contributed by atoms with E-state index in [4.69, 9.17) is 10.8 Å². The molecule has 0 aliphatic carbocycles. The number of amides is 3. The zero-order valence-corrected chi connectivity index (χ0v) is 16.3. The van der Waals surface area contributed by atoms with Crippen LogP contribution in [0.25, 0.3) is 0 Å². The van der Waals surface area contributed by atoms with Crippen molar-refractivity contribution in [2.45, 2.75) is 69.8 Å². The molecule has 2 heterocycles. The second-order valence-electron chi connectivity index (χ2n) is 7.51. The van der Waals surface area contributed by atoms with Crippen LogP contribution in [0.2, 0.25) is 0 Å². The van der Waals surface area contributed by atoms with Crippen molar-refractivity contribution in [2.24, 2.45) is 5.73 Å². The van der Waals surface area contributed by atoms with Crippen LogP contribution < -0.4 is 11.1 Å². The van der Waals surface area contributed by atoms with Gasteiger partial charge in [0.15, 0.2) is 5.78 Å². The first-order valence-corrected chi connectivity index (χ1v) is 9.65. The van der Waals surface area contributed by atoms with E-state index in [-0.39, 0.29) is 11.7 Å². The molecule has 0 spiro atoms. The molecule has 10 heteroatoms. The van der Waals surface area contributed by atoms with E-state index in [0.717, 1.165) is 0 Å². The van der Waals surface area contributed by atoms with Crippen molar-refractivity contribution < 1.29 is 29.4 Å². The number of nitrogens with two attached hydrogens (primary N) is 1. The summed E-state index contributed by atoms with van der Waals surface area (Å²) in [7, 11) is 0. The fourth-order valence-corrected chi connectivity index (χ4v) is 3.88. The lowest BCUT2D eigenvalue weighted by Gasteiger charge is -2.32. The molecule has 2 rings (SSSR count). The topological polar surface area (TPSA) is 153 Å². The van der Waals surface area contributed by atoms with Crippen LogP contribution in [0.5, 0.6) is 0 Å². The lowest BCUT2D eigenvalue weighted by Crippen LogP contribution is -2.57. The molecule has 0 aromatic rings. The number of likely N-dealkylation sites (tertiary alicyclic amines) is 2. The second-order valence-corrected chi connectivity index (χ2v) is 7.51. The lowest BCUT2D eigenvalue weighted by atomic mass is 10.1. The quantitative estimate of drug-likeness (QED) is 0.377. The van der Waals surface area contributed by atoms with Gasteiger partial charge in [-0.2, -0.15) is 0 Å². The van der Waals surface area contributed by atoms with E-state index in [1.54, 1.807) is 0 Å². The Morgan fingerprint density at radius 3 is 2.21 bits per heavy atom. The van der Waals surface area contributed by atoms with Crippen LogP contribution in [0, 0.1) is 0 Å². The first-order chi connectivity index (χ1) is 13.2. The highest BCUT2D eigenvalue weighted by Crippen LogP contribution is 2.25. The minimum Gasteiger partial charge on any atom is -0.394 e. The van der Waals surface area contributed by atoms with Crippen LogP contribution in [0.4, 0.5) is 0 Å². The Morgan fingerprint density at radius 1 is 1.11 bits per heavy atom. The highest BCUT2D eigenvalue weighted by atomic mass is 16.3. The van der Waals surface area contributed by atoms with Crippen LogP contribution in [0.15, 0.2) is 0 Å². The molecule has 3 amide bonds. The SMILES string of the molecule is CC(=O)[C@@H](NC(=O)[C@@H]1CCCN1C(=O)[C@@H]1CCCN1C(=O)[C@@H](N)CO)[C@@H](C)O. The molecular formula is C18H30N4O6. The summed E-state index contributed by atoms with van der Waals surface area (Å²) in [5.74, 6) is -1.67. The van der Waals surface area contributed by atoms with Gasteiger partial charge >= 0.3 is 0 Å². The van der Waals surface area contributed by atoms with Crippen molar-refractivity contribution in [1.82, 2.24) is 15.1 Å². The number of hydrogen-bond donors (Lipinski definition) is 4. The number of nitrogens with zero attached hydrogens (tertiary/aromatic N) is 2. The van der Waals surface area contributed by atoms with E-state index in [1.807, 2.05) is 0 Å². The average Bonchev–Trinajstić information content (AvgIpc) is 3.32. The largest absolute Gasteiger partial charge is 0.394 e. The molecule has 0 unspecified atom stereocenters. The van der Waals surface area contributed by atoms with E-state index < -0.39 is 48.7 Å². The van der Waals surface area contributed by atoms with Crippen molar-refractivity contribution in [2.75, 3.05) is 19.7 Å². The molecular weight excluding hydrogens is 368 g/mol. The van der Waals surface area contributed by atoms with Gasteiger partial charge in [-0.1, -0.05) is 0 Å². The number of rotatable bonds is 7. The summed E-state index contributed by atoms with van der Waals surface area (Å²) in [5.41, 5.74) is 5.61. The Kier molecular flexibility index (Phi) is 7.50. The van der Waals surface area contributed by atoms with E-state index in [2.05, 4.69) is 5.32 Å². The molecule has 5 N–H and O–H groups in total. The van der Waals surface area contributed by atoms with Crippen molar-refractivity contribution >= 4 is 23.5 Å². The number of Topliss-reactive ketones (excluding diaryl/α,β-unsaturated/α-hetero) is 1. The maximum absolute atomic E-state index is 13.1. The van der Waals surface area contributed by atoms with Crippen LogP contribution in [-0.2, 0) is 19.2 Å². The van der Waals surface area contributed by atoms with Gasteiger partial charge in [0.1, 0.15) is 24.2 Å². The van der Waals surface area contributed by atoms with E-state index in [1.165, 1.54) is 23.6 Å². The number of nitrogens with one attached hydrogen (secondary N) is 1. The van der Waals surface area contributed by atoms with Gasteiger partial charge in [0.05, 0.1) is 12.7 Å². The molecule has 0 aromatic heterocycles. The summed E-state index contributed by atoms with van der Waals surface area (Å²) >= 11 is 0. The fraction of sp³-hybridized carbons (Fsp3) is 0.778. The first kappa shape index (κ1) is 22.3. The molecule has 28 heavy (non-hydrogen) atoms. The maximum atomic E-state index is 13.1. The van der Waals surface area contributed by atoms with Gasteiger partial charge in [-0.25, -0.2) is 0 Å². The zero-order chi connectivity index (χ0) is 21.0. The Hall–Kier alpha value is -2.04. The van der Waals surface area contributed by atoms with Gasteiger partial charge in [-0.15, -0.1) is 0 Å². The third kappa shape index (κ3) is 4.68. The summed E-state index contributed by atoms with van der Waals surface area (Å²) in [5, 5.41) is 21.4. The minimum absolute atomic E-state index is 0.329. The summed E-state index contributed by atoms with van der Waals surface area (Å²) in [6.45, 7) is 2.94. The maximum Gasteiger partial charge on any atom is 0.246 e. The Morgan fingerprint density at radius 2 is 1.68 bits per heavy atom. The number of aliphatic hydroxyl groups excluding tert-OH is 2. The number of ketones is 1. The van der Waals surface area contributed by atoms with Gasteiger partial charge in [-0.05, 0) is 39.5 Å². The van der Waals surface area contributed by atoms with Crippen molar-refractivity contribution in [3.8, 4) is 0 Å². The predicted octanol–water partition coefficient (Wildman–Crippen LogP) is -2.26. The van der Waals surface area contributed by atoms with Gasteiger partial charge in [0.2, 0.25) is 17.7 Å². The molecule has 5 atom stereocenters. The van der Waals surface area contributed by atoms with Crippen molar-refractivity contribution in [3.63, 3.8) is 0 Å². The fourth-order valence-electron chi connectivity index (χ4n) is 3.88. The highest BCUT2D eigenvalue weighted by molar-refractivity contribution is 5.95. The van der Waals surface area contributed by atoms with Gasteiger partial charge < -0.3 is 31.1 Å². The summed E-state index contributed by atoms with van der Waals surface area (Å²) in [6.07, 6.45) is 1.13. The van der Waals surface area contributed by atoms with Gasteiger partial charge in [0, 0.05) is 13.1 Å². The minimum atomic E-state index is -1.08. The van der Waals surface area contributed by atoms with Crippen LogP contribution in [0.3, 0.4) is 0 Å². The molecule has 2 fully saturated rings. The summed E-state index contributed by atoms with van der Waals surface area (Å²) in [4.78, 5) is 52.5. The molecule has 0 radical (unpaired) electrons. The average molecular weight is 398 g/mol. The molecule has 0 aromatic carbocycles. The molecule has 2 aliphatic heterocycles. The van der Waals surface area contributed by atoms with E-state index in [0.29, 0.717) is 38.8 Å². The Labute approximate surface area is 164 Å². The van der Waals surface area contributed by atoms with Crippen LogP contribution in [0.1, 0.15) is 39.5 Å². The van der Waals surface area contributed by atoms with Crippen LogP contribution in [-0.4, -0.2) is 93.5 Å². The summed E-state index contributed by atoms with van der Waals surface area (Å²) < 4.78 is 0. The third-order valence-electron chi connectivity index (χ3n) is 5.39. The van der Waals surface area contributed by atoms with E-state index >= 15 is 0 Å². The van der Waals surface area contributed by atoms with Gasteiger partial charge in [-0.3, -0.25) is 19.2 Å².